The predicted molar refractivity (Wildman–Crippen MR) is 243 cm³/mol. The minimum absolute atomic E-state index is 0.0462. The lowest BCUT2D eigenvalue weighted by molar-refractivity contribution is -0.134. The van der Waals surface area contributed by atoms with E-state index in [9.17, 15) is 24.0 Å². The van der Waals surface area contributed by atoms with Crippen LogP contribution < -0.4 is 10.2 Å². The first kappa shape index (κ1) is 51.4. The summed E-state index contributed by atoms with van der Waals surface area (Å²) >= 11 is 0. The zero-order valence-corrected chi connectivity index (χ0v) is 40.1. The summed E-state index contributed by atoms with van der Waals surface area (Å²) in [7, 11) is -3.11. The topological polar surface area (TPSA) is 224 Å². The molecule has 4 aliphatic rings. The maximum atomic E-state index is 15.1. The van der Waals surface area contributed by atoms with Gasteiger partial charge in [-0.2, -0.15) is 0 Å². The molecular formula is C46H67N6O14P. The van der Waals surface area contributed by atoms with Crippen molar-refractivity contribution in [3.05, 3.63) is 42.1 Å². The van der Waals surface area contributed by atoms with E-state index in [2.05, 4.69) is 10.3 Å². The van der Waals surface area contributed by atoms with Crippen LogP contribution in [0.2, 0.25) is 0 Å². The van der Waals surface area contributed by atoms with Crippen LogP contribution in [-0.2, 0) is 46.8 Å². The molecule has 0 radical (unpaired) electrons. The number of ether oxygens (including phenoxy) is 6. The molecule has 0 bridgehead atoms. The van der Waals surface area contributed by atoms with E-state index < -0.39 is 62.6 Å². The van der Waals surface area contributed by atoms with Gasteiger partial charge in [-0.25, -0.2) is 24.4 Å². The largest absolute Gasteiger partial charge is 0.510 e. The first-order valence-electron chi connectivity index (χ1n) is 23.7. The van der Waals surface area contributed by atoms with E-state index in [1.807, 2.05) is 42.2 Å². The SMILES string of the molecule is CCCCOC(=O)N1CCN(C(=O)C(CP(=O)(OC(C)OC(=O)OC2CCCCC2)OC(C)OC(=O)OC2CCCCC2)NC(=O)c2cc(N3CCC(OC)C3)nc(-c3ccccc3)n2)CC1. The molecule has 370 valence electrons. The molecule has 6 rings (SSSR count). The van der Waals surface area contributed by atoms with E-state index in [-0.39, 0.29) is 62.6 Å². The Hall–Kier alpha value is -5.04. The van der Waals surface area contributed by atoms with Gasteiger partial charge in [0.1, 0.15) is 29.8 Å². The highest BCUT2D eigenvalue weighted by Gasteiger charge is 2.42. The number of unbranched alkanes of at least 4 members (excludes halogenated alkanes) is 1. The molecule has 4 atom stereocenters. The van der Waals surface area contributed by atoms with E-state index in [4.69, 9.17) is 42.5 Å². The van der Waals surface area contributed by atoms with Gasteiger partial charge in [0.05, 0.1) is 18.9 Å². The third-order valence-corrected chi connectivity index (χ3v) is 14.2. The maximum Gasteiger partial charge on any atom is 0.510 e. The fourth-order valence-electron chi connectivity index (χ4n) is 8.49. The van der Waals surface area contributed by atoms with Crippen LogP contribution in [0, 0.1) is 0 Å². The Morgan fingerprint density at radius 1 is 0.761 bits per heavy atom. The molecule has 0 spiro atoms. The number of benzene rings is 1. The summed E-state index contributed by atoms with van der Waals surface area (Å²) in [5.74, 6) is -0.788. The Balaban J connectivity index is 1.27. The van der Waals surface area contributed by atoms with Crippen LogP contribution in [-0.4, -0.2) is 146 Å². The molecule has 4 fully saturated rings. The molecule has 3 amide bonds. The van der Waals surface area contributed by atoms with Crippen molar-refractivity contribution in [2.24, 2.45) is 0 Å². The van der Waals surface area contributed by atoms with Gasteiger partial charge >= 0.3 is 26.0 Å². The van der Waals surface area contributed by atoms with Crippen molar-refractivity contribution in [3.8, 4) is 11.4 Å². The van der Waals surface area contributed by atoms with Crippen molar-refractivity contribution >= 4 is 43.6 Å². The van der Waals surface area contributed by atoms with Gasteiger partial charge in [-0.3, -0.25) is 23.2 Å². The van der Waals surface area contributed by atoms with Crippen LogP contribution in [0.5, 0.6) is 0 Å². The monoisotopic (exact) mass is 958 g/mol. The molecule has 2 aromatic rings. The smallest absolute Gasteiger partial charge is 0.449 e. The number of hydrogen-bond acceptors (Lipinski definition) is 17. The first-order valence-corrected chi connectivity index (χ1v) is 25.5. The second-order valence-corrected chi connectivity index (χ2v) is 19.3. The fraction of sp³-hybridized carbons (Fsp3) is 0.674. The number of piperazine rings is 1. The van der Waals surface area contributed by atoms with Crippen LogP contribution in [0.4, 0.5) is 20.2 Å². The molecule has 1 aromatic carbocycles. The lowest BCUT2D eigenvalue weighted by Gasteiger charge is -2.36. The molecular weight excluding hydrogens is 892 g/mol. The quantitative estimate of drug-likeness (QED) is 0.0475. The fourth-order valence-corrected chi connectivity index (χ4v) is 10.4. The predicted octanol–water partition coefficient (Wildman–Crippen LogP) is 7.44. The number of carbonyl (C=O) groups excluding carboxylic acids is 5. The summed E-state index contributed by atoms with van der Waals surface area (Å²) in [6.07, 6.45) is 3.27. The number of amides is 3. The van der Waals surface area contributed by atoms with Crippen LogP contribution in [0.15, 0.2) is 36.4 Å². The summed E-state index contributed by atoms with van der Waals surface area (Å²) in [5, 5.41) is 2.74. The summed E-state index contributed by atoms with van der Waals surface area (Å²) in [6, 6.07) is 8.98. The van der Waals surface area contributed by atoms with Crippen LogP contribution in [0.3, 0.4) is 0 Å². The third-order valence-electron chi connectivity index (χ3n) is 12.1. The standard InChI is InChI=1S/C46H67N6O14P/c1-5-6-28-60-44(55)51-26-24-50(25-27-51)43(54)39(48-42(53)38-29-40(52-23-22-37(30-52)59-4)49-41(47-38)34-16-10-7-11-17-34)31-67(58,65-32(2)61-45(56)63-35-18-12-8-13-19-35)66-33(3)62-46(57)64-36-20-14-9-15-21-36/h7,10-11,16-17,29,32-33,35-37,39H,5-6,8-9,12-15,18-28,30-31H2,1-4H3,(H,48,53). The van der Waals surface area contributed by atoms with Gasteiger partial charge in [-0.05, 0) is 78.1 Å². The van der Waals surface area contributed by atoms with Crippen LogP contribution in [0.25, 0.3) is 11.4 Å². The highest BCUT2D eigenvalue weighted by Crippen LogP contribution is 2.51. The number of rotatable bonds is 19. The Labute approximate surface area is 392 Å². The molecule has 20 nitrogen and oxygen atoms in total. The van der Waals surface area contributed by atoms with Crippen molar-refractivity contribution in [2.75, 3.05) is 64.0 Å². The zero-order chi connectivity index (χ0) is 47.8. The Kier molecular flexibility index (Phi) is 19.4. The molecule has 67 heavy (non-hydrogen) atoms. The van der Waals surface area contributed by atoms with E-state index in [0.717, 1.165) is 51.4 Å². The van der Waals surface area contributed by atoms with Gasteiger partial charge in [0.2, 0.25) is 18.5 Å². The molecule has 21 heteroatoms. The summed E-state index contributed by atoms with van der Waals surface area (Å²) in [6.45, 7) is 6.31. The van der Waals surface area contributed by atoms with Gasteiger partial charge in [0.25, 0.3) is 5.91 Å². The first-order chi connectivity index (χ1) is 32.3. The summed E-state index contributed by atoms with van der Waals surface area (Å²) in [4.78, 5) is 82.2. The summed E-state index contributed by atoms with van der Waals surface area (Å²) in [5.41, 5.74) is 0.543. The number of anilines is 1. The molecule has 2 aliphatic heterocycles. The van der Waals surface area contributed by atoms with E-state index in [0.29, 0.717) is 56.6 Å². The Bertz CT molecular complexity index is 1950. The van der Waals surface area contributed by atoms with Crippen molar-refractivity contribution < 1.29 is 66.0 Å². The van der Waals surface area contributed by atoms with Crippen molar-refractivity contribution in [3.63, 3.8) is 0 Å². The molecule has 1 aromatic heterocycles. The summed E-state index contributed by atoms with van der Waals surface area (Å²) < 4.78 is 59.7. The van der Waals surface area contributed by atoms with Crippen molar-refractivity contribution in [1.82, 2.24) is 25.1 Å². The molecule has 4 unspecified atom stereocenters. The number of carbonyl (C=O) groups is 5. The van der Waals surface area contributed by atoms with Gasteiger partial charge in [-0.1, -0.05) is 56.5 Å². The lowest BCUT2D eigenvalue weighted by Crippen LogP contribution is -2.57. The second kappa shape index (κ2) is 25.4. The van der Waals surface area contributed by atoms with E-state index in [1.54, 1.807) is 7.11 Å². The third kappa shape index (κ3) is 15.8. The second-order valence-electron chi connectivity index (χ2n) is 17.3. The normalized spacial score (nSPS) is 20.5. The minimum atomic E-state index is -4.74. The molecule has 2 saturated heterocycles. The Morgan fingerprint density at radius 3 is 1.90 bits per heavy atom. The minimum Gasteiger partial charge on any atom is -0.449 e. The van der Waals surface area contributed by atoms with Crippen molar-refractivity contribution in [2.45, 2.75) is 141 Å². The molecule has 2 saturated carbocycles. The Morgan fingerprint density at radius 2 is 1.34 bits per heavy atom. The average Bonchev–Trinajstić information content (AvgIpc) is 3.81. The number of methoxy groups -OCH3 is 1. The maximum absolute atomic E-state index is 15.1. The zero-order valence-electron chi connectivity index (χ0n) is 39.2. The number of nitrogens with zero attached hydrogens (tertiary/aromatic N) is 5. The number of aromatic nitrogens is 2. The van der Waals surface area contributed by atoms with Gasteiger partial charge in [0.15, 0.2) is 5.82 Å². The molecule has 2 aliphatic carbocycles. The van der Waals surface area contributed by atoms with Gasteiger partial charge < -0.3 is 48.4 Å². The average molecular weight is 959 g/mol. The highest BCUT2D eigenvalue weighted by molar-refractivity contribution is 7.54. The van der Waals surface area contributed by atoms with E-state index in [1.165, 1.54) is 29.7 Å². The van der Waals surface area contributed by atoms with Crippen LogP contribution in [0.1, 0.15) is 115 Å². The van der Waals surface area contributed by atoms with E-state index >= 15 is 4.57 Å². The van der Waals surface area contributed by atoms with Crippen LogP contribution >= 0.6 is 7.60 Å². The van der Waals surface area contributed by atoms with Gasteiger partial charge in [-0.15, -0.1) is 0 Å². The number of hydrogen-bond donors (Lipinski definition) is 1. The number of nitrogens with one attached hydrogen (secondary N) is 1. The highest BCUT2D eigenvalue weighted by atomic mass is 31.2. The molecule has 1 N–H and O–H groups in total. The molecule has 3 heterocycles. The van der Waals surface area contributed by atoms with Gasteiger partial charge in [0, 0.05) is 58.0 Å². The van der Waals surface area contributed by atoms with Crippen molar-refractivity contribution in [1.29, 1.82) is 0 Å². The lowest BCUT2D eigenvalue weighted by atomic mass is 9.98.